The number of rotatable bonds is 6. The molecular formula is C22H21N3O5S. The highest BCUT2D eigenvalue weighted by atomic mass is 32.1. The lowest BCUT2D eigenvalue weighted by Crippen LogP contribution is -2.40. The van der Waals surface area contributed by atoms with Gasteiger partial charge in [0.25, 0.3) is 0 Å². The van der Waals surface area contributed by atoms with Crippen LogP contribution in [0.25, 0.3) is 21.3 Å². The van der Waals surface area contributed by atoms with Crippen molar-refractivity contribution in [2.45, 2.75) is 25.5 Å². The number of hydrogen-bond acceptors (Lipinski definition) is 7. The van der Waals surface area contributed by atoms with Crippen LogP contribution in [0.5, 0.6) is 5.75 Å². The van der Waals surface area contributed by atoms with E-state index in [1.807, 2.05) is 24.3 Å². The van der Waals surface area contributed by atoms with Crippen LogP contribution in [0.15, 0.2) is 51.7 Å². The fourth-order valence-corrected chi connectivity index (χ4v) is 4.77. The number of ether oxygens (including phenoxy) is 2. The van der Waals surface area contributed by atoms with E-state index in [2.05, 4.69) is 4.98 Å². The third-order valence-corrected chi connectivity index (χ3v) is 6.45. The average Bonchev–Trinajstić information content (AvgIpc) is 3.50. The van der Waals surface area contributed by atoms with Gasteiger partial charge in [-0.15, -0.1) is 0 Å². The molecule has 160 valence electrons. The maximum atomic E-state index is 13.4. The fraction of sp³-hybridized carbons (Fsp3) is 0.318. The van der Waals surface area contributed by atoms with Gasteiger partial charge in [0.05, 0.1) is 35.5 Å². The molecule has 1 aliphatic heterocycles. The summed E-state index contributed by atoms with van der Waals surface area (Å²) in [4.78, 5) is 32.1. The molecule has 1 unspecified atom stereocenters. The second-order valence-corrected chi connectivity index (χ2v) is 8.40. The van der Waals surface area contributed by atoms with Crippen molar-refractivity contribution in [2.24, 2.45) is 0 Å². The first-order valence-corrected chi connectivity index (χ1v) is 10.9. The number of para-hydroxylation sites is 2. The van der Waals surface area contributed by atoms with Gasteiger partial charge in [-0.25, -0.2) is 9.78 Å². The minimum atomic E-state index is -0.555. The third kappa shape index (κ3) is 3.82. The zero-order valence-corrected chi connectivity index (χ0v) is 17.8. The number of carbonyl (C=O) groups excluding carboxylic acids is 1. The zero-order chi connectivity index (χ0) is 21.4. The van der Waals surface area contributed by atoms with E-state index in [4.69, 9.17) is 13.9 Å². The summed E-state index contributed by atoms with van der Waals surface area (Å²) in [6, 6.07) is 12.7. The van der Waals surface area contributed by atoms with Gasteiger partial charge in [-0.3, -0.25) is 14.3 Å². The molecule has 0 radical (unpaired) electrons. The van der Waals surface area contributed by atoms with Crippen LogP contribution in [0.2, 0.25) is 0 Å². The molecule has 2 aromatic heterocycles. The van der Waals surface area contributed by atoms with Crippen LogP contribution in [0.4, 0.5) is 5.13 Å². The first kappa shape index (κ1) is 19.8. The van der Waals surface area contributed by atoms with Crippen LogP contribution < -0.4 is 15.4 Å². The number of fused-ring (bicyclic) bond motifs is 2. The second kappa shape index (κ2) is 8.16. The zero-order valence-electron chi connectivity index (χ0n) is 16.9. The summed E-state index contributed by atoms with van der Waals surface area (Å²) in [5.41, 5.74) is 1.81. The van der Waals surface area contributed by atoms with Gasteiger partial charge in [0.2, 0.25) is 5.91 Å². The number of nitrogens with zero attached hydrogens (tertiary/aromatic N) is 3. The molecule has 0 saturated carbocycles. The Hall–Kier alpha value is -3.17. The summed E-state index contributed by atoms with van der Waals surface area (Å²) in [6.45, 7) is 0.942. The van der Waals surface area contributed by atoms with E-state index < -0.39 is 5.76 Å². The summed E-state index contributed by atoms with van der Waals surface area (Å²) in [6.07, 6.45) is 1.80. The molecule has 31 heavy (non-hydrogen) atoms. The highest BCUT2D eigenvalue weighted by Gasteiger charge is 2.27. The number of aromatic nitrogens is 2. The molecule has 0 bridgehead atoms. The number of oxazole rings is 1. The summed E-state index contributed by atoms with van der Waals surface area (Å²) in [5, 5.41) is 0.574. The topological polar surface area (TPSA) is 86.8 Å². The second-order valence-electron chi connectivity index (χ2n) is 7.39. The average molecular weight is 439 g/mol. The number of carbonyl (C=O) groups is 1. The lowest BCUT2D eigenvalue weighted by Gasteiger charge is -2.23. The molecule has 1 atom stereocenters. The Kier molecular flexibility index (Phi) is 5.21. The van der Waals surface area contributed by atoms with Crippen LogP contribution in [-0.4, -0.2) is 41.8 Å². The molecule has 4 aromatic rings. The Morgan fingerprint density at radius 2 is 2.19 bits per heavy atom. The van der Waals surface area contributed by atoms with E-state index in [-0.39, 0.29) is 18.6 Å². The summed E-state index contributed by atoms with van der Waals surface area (Å²) in [7, 11) is 1.61. The largest absolute Gasteiger partial charge is 0.497 e. The Balaban J connectivity index is 1.50. The van der Waals surface area contributed by atoms with E-state index in [0.29, 0.717) is 35.1 Å². The van der Waals surface area contributed by atoms with Gasteiger partial charge in [0.15, 0.2) is 10.7 Å². The Labute approximate surface area is 181 Å². The van der Waals surface area contributed by atoms with Crippen molar-refractivity contribution in [3.8, 4) is 5.75 Å². The Bertz CT molecular complexity index is 1300. The van der Waals surface area contributed by atoms with Gasteiger partial charge in [0.1, 0.15) is 12.3 Å². The van der Waals surface area contributed by atoms with Gasteiger partial charge < -0.3 is 13.9 Å². The van der Waals surface area contributed by atoms with Crippen molar-refractivity contribution in [1.29, 1.82) is 0 Å². The monoisotopic (exact) mass is 439 g/mol. The number of anilines is 1. The number of thiazole rings is 1. The molecule has 0 N–H and O–H groups in total. The summed E-state index contributed by atoms with van der Waals surface area (Å²) >= 11 is 1.43. The fourth-order valence-electron chi connectivity index (χ4n) is 3.80. The van der Waals surface area contributed by atoms with E-state index >= 15 is 0 Å². The van der Waals surface area contributed by atoms with Crippen molar-refractivity contribution >= 4 is 43.7 Å². The molecule has 1 saturated heterocycles. The van der Waals surface area contributed by atoms with Gasteiger partial charge in [-0.05, 0) is 37.1 Å². The van der Waals surface area contributed by atoms with Crippen molar-refractivity contribution in [3.05, 3.63) is 53.0 Å². The van der Waals surface area contributed by atoms with Crippen molar-refractivity contribution in [2.75, 3.05) is 25.2 Å². The molecule has 9 heteroatoms. The minimum absolute atomic E-state index is 0.0525. The van der Waals surface area contributed by atoms with E-state index in [9.17, 15) is 9.59 Å². The van der Waals surface area contributed by atoms with Crippen molar-refractivity contribution in [3.63, 3.8) is 0 Å². The SMILES string of the molecule is COc1ccc2sc(N(CC3CCCO3)C(=O)Cn3c(=O)oc4ccccc43)nc2c1. The van der Waals surface area contributed by atoms with Gasteiger partial charge in [0, 0.05) is 12.7 Å². The molecule has 1 aliphatic rings. The van der Waals surface area contributed by atoms with Gasteiger partial charge >= 0.3 is 5.76 Å². The molecule has 2 aromatic carbocycles. The van der Waals surface area contributed by atoms with Crippen molar-refractivity contribution < 1.29 is 18.7 Å². The summed E-state index contributed by atoms with van der Waals surface area (Å²) in [5.74, 6) is -0.0893. The molecule has 0 aliphatic carbocycles. The summed E-state index contributed by atoms with van der Waals surface area (Å²) < 4.78 is 18.6. The first-order valence-electron chi connectivity index (χ1n) is 10.1. The van der Waals surface area contributed by atoms with Crippen molar-refractivity contribution in [1.82, 2.24) is 9.55 Å². The number of benzene rings is 2. The van der Waals surface area contributed by atoms with Crippen LogP contribution in [-0.2, 0) is 16.1 Å². The highest BCUT2D eigenvalue weighted by Crippen LogP contribution is 2.32. The Morgan fingerprint density at radius 1 is 1.32 bits per heavy atom. The number of amides is 1. The molecule has 1 amide bonds. The highest BCUT2D eigenvalue weighted by molar-refractivity contribution is 7.22. The molecule has 5 rings (SSSR count). The van der Waals surface area contributed by atoms with Gasteiger partial charge in [-0.1, -0.05) is 23.5 Å². The molecule has 8 nitrogen and oxygen atoms in total. The van der Waals surface area contributed by atoms with E-state index in [1.54, 1.807) is 30.2 Å². The normalized spacial score (nSPS) is 16.2. The quantitative estimate of drug-likeness (QED) is 0.458. The van der Waals surface area contributed by atoms with Crippen LogP contribution in [0.3, 0.4) is 0 Å². The van der Waals surface area contributed by atoms with E-state index in [1.165, 1.54) is 15.9 Å². The molecular weight excluding hydrogens is 418 g/mol. The first-order chi connectivity index (χ1) is 15.1. The maximum absolute atomic E-state index is 13.4. The van der Waals surface area contributed by atoms with Gasteiger partial charge in [-0.2, -0.15) is 0 Å². The van der Waals surface area contributed by atoms with Crippen LogP contribution in [0, 0.1) is 0 Å². The third-order valence-electron chi connectivity index (χ3n) is 5.39. The standard InChI is InChI=1S/C22H21N3O5S/c1-28-14-8-9-19-16(11-14)23-21(31-19)25(12-15-5-4-10-29-15)20(26)13-24-17-6-2-3-7-18(17)30-22(24)27/h2-3,6-9,11,15H,4-5,10,12-13H2,1H3. The van der Waals surface area contributed by atoms with Crippen LogP contribution >= 0.6 is 11.3 Å². The minimum Gasteiger partial charge on any atom is -0.497 e. The number of hydrogen-bond donors (Lipinski definition) is 0. The number of methoxy groups -OCH3 is 1. The maximum Gasteiger partial charge on any atom is 0.420 e. The lowest BCUT2D eigenvalue weighted by molar-refractivity contribution is -0.119. The predicted octanol–water partition coefficient (Wildman–Crippen LogP) is 3.43. The molecule has 3 heterocycles. The lowest BCUT2D eigenvalue weighted by atomic mass is 10.2. The van der Waals surface area contributed by atoms with E-state index in [0.717, 1.165) is 23.1 Å². The predicted molar refractivity (Wildman–Crippen MR) is 118 cm³/mol. The Morgan fingerprint density at radius 3 is 3.00 bits per heavy atom. The smallest absolute Gasteiger partial charge is 0.420 e. The van der Waals surface area contributed by atoms with Crippen LogP contribution in [0.1, 0.15) is 12.8 Å². The molecule has 1 fully saturated rings. The molecule has 0 spiro atoms.